The number of nitrogens with one attached hydrogen (secondary N) is 1. The van der Waals surface area contributed by atoms with E-state index in [1.54, 1.807) is 12.1 Å². The van der Waals surface area contributed by atoms with Gasteiger partial charge in [0.1, 0.15) is 5.75 Å². The molecule has 14 heteroatoms. The maximum atomic E-state index is 12.7. The highest BCUT2D eigenvalue weighted by molar-refractivity contribution is 7.92. The molecule has 0 amide bonds. The minimum atomic E-state index is -5.08. The molecular formula is C23H26ClF3N2O7S. The highest BCUT2D eigenvalue weighted by atomic mass is 35.5. The van der Waals surface area contributed by atoms with E-state index in [4.69, 9.17) is 26.2 Å². The highest BCUT2D eigenvalue weighted by Gasteiger charge is 2.38. The average Bonchev–Trinajstić information content (AvgIpc) is 2.78. The SMILES string of the molecule is COc1ccc(S(=O)(=O)Nc2ccc(N3CCCCCCC3)c(C(=O)O)c2)cc1Cl.O=C(O)C(F)(F)F. The third-order valence-corrected chi connectivity index (χ3v) is 7.03. The van der Waals surface area contributed by atoms with Crippen LogP contribution in [-0.2, 0) is 14.8 Å². The Hall–Kier alpha value is -3.19. The normalized spacial score (nSPS) is 14.5. The molecule has 0 saturated carbocycles. The molecule has 1 saturated heterocycles. The van der Waals surface area contributed by atoms with Crippen molar-refractivity contribution in [2.24, 2.45) is 0 Å². The van der Waals surface area contributed by atoms with Crippen molar-refractivity contribution in [3.05, 3.63) is 47.0 Å². The molecule has 1 aliphatic rings. The van der Waals surface area contributed by atoms with Crippen LogP contribution in [0.3, 0.4) is 0 Å². The van der Waals surface area contributed by atoms with Crippen molar-refractivity contribution in [1.29, 1.82) is 0 Å². The number of hydrogen-bond acceptors (Lipinski definition) is 6. The summed E-state index contributed by atoms with van der Waals surface area (Å²) in [5, 5.41) is 17.0. The number of aliphatic carboxylic acids is 1. The first-order valence-corrected chi connectivity index (χ1v) is 12.9. The number of aromatic carboxylic acids is 1. The van der Waals surface area contributed by atoms with E-state index in [1.165, 1.54) is 37.8 Å². The largest absolute Gasteiger partial charge is 0.495 e. The first-order valence-electron chi connectivity index (χ1n) is 11.0. The lowest BCUT2D eigenvalue weighted by molar-refractivity contribution is -0.192. The van der Waals surface area contributed by atoms with Crippen LogP contribution in [0, 0.1) is 0 Å². The predicted molar refractivity (Wildman–Crippen MR) is 131 cm³/mol. The fourth-order valence-corrected chi connectivity index (χ4v) is 4.96. The van der Waals surface area contributed by atoms with Crippen molar-refractivity contribution >= 4 is 44.9 Å². The third kappa shape index (κ3) is 8.71. The van der Waals surface area contributed by atoms with Crippen LogP contribution >= 0.6 is 11.6 Å². The number of alkyl halides is 3. The lowest BCUT2D eigenvalue weighted by atomic mass is 10.1. The minimum Gasteiger partial charge on any atom is -0.495 e. The third-order valence-electron chi connectivity index (χ3n) is 5.35. The van der Waals surface area contributed by atoms with Gasteiger partial charge in [-0.3, -0.25) is 4.72 Å². The van der Waals surface area contributed by atoms with Gasteiger partial charge in [-0.1, -0.05) is 30.9 Å². The van der Waals surface area contributed by atoms with Gasteiger partial charge in [0.05, 0.1) is 28.3 Å². The maximum absolute atomic E-state index is 12.7. The van der Waals surface area contributed by atoms with Crippen LogP contribution in [0.25, 0.3) is 0 Å². The molecule has 0 spiro atoms. The summed E-state index contributed by atoms with van der Waals surface area (Å²) in [6, 6.07) is 8.74. The van der Waals surface area contributed by atoms with E-state index in [0.29, 0.717) is 11.4 Å². The molecule has 37 heavy (non-hydrogen) atoms. The van der Waals surface area contributed by atoms with Gasteiger partial charge in [-0.05, 0) is 49.2 Å². The predicted octanol–water partition coefficient (Wildman–Crippen LogP) is 5.25. The molecule has 1 heterocycles. The second-order valence-electron chi connectivity index (χ2n) is 8.00. The molecule has 3 rings (SSSR count). The number of rotatable bonds is 6. The van der Waals surface area contributed by atoms with Crippen LogP contribution in [0.2, 0.25) is 5.02 Å². The fraction of sp³-hybridized carbons (Fsp3) is 0.391. The van der Waals surface area contributed by atoms with Crippen LogP contribution in [0.1, 0.15) is 42.5 Å². The summed E-state index contributed by atoms with van der Waals surface area (Å²) in [4.78, 5) is 22.8. The Bertz CT molecular complexity index is 1220. The molecule has 0 aliphatic carbocycles. The number of nitrogens with zero attached hydrogens (tertiary/aromatic N) is 1. The Kier molecular flexibility index (Phi) is 10.4. The summed E-state index contributed by atoms with van der Waals surface area (Å²) < 4.78 is 64.7. The Morgan fingerprint density at radius 3 is 2.05 bits per heavy atom. The van der Waals surface area contributed by atoms with Crippen molar-refractivity contribution in [2.45, 2.75) is 43.2 Å². The Labute approximate surface area is 216 Å². The molecule has 0 radical (unpaired) electrons. The monoisotopic (exact) mass is 566 g/mol. The van der Waals surface area contributed by atoms with Crippen molar-refractivity contribution in [3.63, 3.8) is 0 Å². The number of carboxylic acid groups (broad SMARTS) is 2. The van der Waals surface area contributed by atoms with Crippen LogP contribution in [0.15, 0.2) is 41.3 Å². The first-order chi connectivity index (χ1) is 17.3. The Balaban J connectivity index is 0.000000604. The number of benzene rings is 2. The molecule has 2 aromatic rings. The number of sulfonamides is 1. The van der Waals surface area contributed by atoms with Crippen molar-refractivity contribution in [1.82, 2.24) is 0 Å². The molecule has 2 aromatic carbocycles. The highest BCUT2D eigenvalue weighted by Crippen LogP contribution is 2.30. The van der Waals surface area contributed by atoms with Gasteiger partial charge in [-0.15, -0.1) is 0 Å². The summed E-state index contributed by atoms with van der Waals surface area (Å²) in [5.41, 5.74) is 0.860. The van der Waals surface area contributed by atoms with Crippen molar-refractivity contribution in [3.8, 4) is 5.75 Å². The molecule has 0 bridgehead atoms. The number of ether oxygens (including phenoxy) is 1. The lowest BCUT2D eigenvalue weighted by Gasteiger charge is -2.28. The summed E-state index contributed by atoms with van der Waals surface area (Å²) in [6.07, 6.45) is 0.384. The van der Waals surface area contributed by atoms with Gasteiger partial charge >= 0.3 is 18.1 Å². The molecule has 204 valence electrons. The summed E-state index contributed by atoms with van der Waals surface area (Å²) in [5.74, 6) is -3.49. The minimum absolute atomic E-state index is 0.0435. The molecule has 1 aliphatic heterocycles. The van der Waals surface area contributed by atoms with Gasteiger partial charge in [0, 0.05) is 18.8 Å². The molecule has 0 aromatic heterocycles. The number of carboxylic acids is 2. The van der Waals surface area contributed by atoms with Gasteiger partial charge in [0.2, 0.25) is 0 Å². The van der Waals surface area contributed by atoms with E-state index >= 15 is 0 Å². The van der Waals surface area contributed by atoms with Gasteiger partial charge < -0.3 is 19.8 Å². The Morgan fingerprint density at radius 2 is 1.57 bits per heavy atom. The fourth-order valence-electron chi connectivity index (χ4n) is 3.56. The zero-order chi connectivity index (χ0) is 27.8. The quantitative estimate of drug-likeness (QED) is 0.432. The van der Waals surface area contributed by atoms with Crippen LogP contribution in [0.5, 0.6) is 5.75 Å². The zero-order valence-electron chi connectivity index (χ0n) is 19.7. The smallest absolute Gasteiger partial charge is 0.490 e. The van der Waals surface area contributed by atoms with Gasteiger partial charge in [0.25, 0.3) is 10.0 Å². The molecule has 9 nitrogen and oxygen atoms in total. The van der Waals surface area contributed by atoms with E-state index in [2.05, 4.69) is 9.62 Å². The number of hydrogen-bond donors (Lipinski definition) is 3. The molecule has 1 fully saturated rings. The topological polar surface area (TPSA) is 133 Å². The van der Waals surface area contributed by atoms with E-state index in [9.17, 15) is 31.5 Å². The summed E-state index contributed by atoms with van der Waals surface area (Å²) in [7, 11) is -2.51. The number of halogens is 4. The second kappa shape index (κ2) is 12.9. The number of carbonyl (C=O) groups is 2. The van der Waals surface area contributed by atoms with Gasteiger partial charge in [-0.2, -0.15) is 13.2 Å². The van der Waals surface area contributed by atoms with Crippen molar-refractivity contribution in [2.75, 3.05) is 29.8 Å². The van der Waals surface area contributed by atoms with E-state index in [1.807, 2.05) is 0 Å². The standard InChI is InChI=1S/C21H25ClN2O5S.C2HF3O2/c1-29-20-10-8-16(14-18(20)22)30(27,28)23-15-7-9-19(17(13-15)21(25)26)24-11-5-3-2-4-6-12-24;3-2(4,5)1(6)7/h7-10,13-14,23H,2-6,11-12H2,1H3,(H,25,26);(H,6,7). The maximum Gasteiger partial charge on any atom is 0.490 e. The average molecular weight is 567 g/mol. The number of methoxy groups -OCH3 is 1. The number of anilines is 2. The van der Waals surface area contributed by atoms with E-state index in [0.717, 1.165) is 38.8 Å². The molecule has 0 unspecified atom stereocenters. The zero-order valence-corrected chi connectivity index (χ0v) is 21.3. The lowest BCUT2D eigenvalue weighted by Crippen LogP contribution is -2.28. The van der Waals surface area contributed by atoms with Crippen LogP contribution in [-0.4, -0.2) is 56.9 Å². The van der Waals surface area contributed by atoms with Crippen molar-refractivity contribution < 1.29 is 46.1 Å². The summed E-state index contributed by atoms with van der Waals surface area (Å²) >= 11 is 6.04. The van der Waals surface area contributed by atoms with Crippen LogP contribution in [0.4, 0.5) is 24.5 Å². The first kappa shape index (κ1) is 30.0. The molecule has 0 atom stereocenters. The molecule has 3 N–H and O–H groups in total. The van der Waals surface area contributed by atoms with Gasteiger partial charge in [0.15, 0.2) is 0 Å². The second-order valence-corrected chi connectivity index (χ2v) is 10.1. The van der Waals surface area contributed by atoms with Crippen LogP contribution < -0.4 is 14.4 Å². The Morgan fingerprint density at radius 1 is 1.00 bits per heavy atom. The van der Waals surface area contributed by atoms with E-state index < -0.39 is 28.1 Å². The van der Waals surface area contributed by atoms with E-state index in [-0.39, 0.29) is 21.2 Å². The molecular weight excluding hydrogens is 541 g/mol. The summed E-state index contributed by atoms with van der Waals surface area (Å²) in [6.45, 7) is 1.57. The van der Waals surface area contributed by atoms with Gasteiger partial charge in [-0.25, -0.2) is 18.0 Å².